The number of hydrogen-bond acceptors (Lipinski definition) is 3. The normalized spacial score (nSPS) is 20.1. The van der Waals surface area contributed by atoms with Gasteiger partial charge in [0.15, 0.2) is 0 Å². The minimum absolute atomic E-state index is 0.335. The number of alkyl halides is 4. The Bertz CT molecular complexity index is 254. The molecule has 0 atom stereocenters. The Balaban J connectivity index is 2.46. The van der Waals surface area contributed by atoms with Gasteiger partial charge in [0.1, 0.15) is 0 Å². The molecule has 0 aliphatic carbocycles. The minimum Gasteiger partial charge on any atom is -0.304 e. The van der Waals surface area contributed by atoms with E-state index in [2.05, 4.69) is 0 Å². The van der Waals surface area contributed by atoms with Crippen LogP contribution in [0.1, 0.15) is 0 Å². The van der Waals surface area contributed by atoms with E-state index in [4.69, 9.17) is 0 Å². The number of rotatable bonds is 3. The number of hydrogen-bond donors (Lipinski definition) is 1. The van der Waals surface area contributed by atoms with Crippen LogP contribution >= 0.6 is 0 Å². The molecular weight excluding hydrogens is 230 g/mol. The summed E-state index contributed by atoms with van der Waals surface area (Å²) in [5.41, 5.74) is 1.80. The first-order valence-electron chi connectivity index (χ1n) is 4.74. The third-order valence-electron chi connectivity index (χ3n) is 2.34. The van der Waals surface area contributed by atoms with E-state index in [1.54, 1.807) is 5.43 Å². The van der Waals surface area contributed by atoms with Crippen molar-refractivity contribution in [3.8, 4) is 0 Å². The molecule has 1 aliphatic rings. The molecule has 0 aromatic rings. The third-order valence-corrected chi connectivity index (χ3v) is 2.34. The molecule has 0 radical (unpaired) electrons. The number of nitrogens with zero attached hydrogens (tertiary/aromatic N) is 2. The largest absolute Gasteiger partial charge is 0.384 e. The van der Waals surface area contributed by atoms with E-state index < -0.39 is 18.3 Å². The third kappa shape index (κ3) is 3.05. The number of halogens is 4. The molecule has 0 bridgehead atoms. The van der Waals surface area contributed by atoms with Crippen molar-refractivity contribution in [2.24, 2.45) is 0 Å². The summed E-state index contributed by atoms with van der Waals surface area (Å²) in [5.74, 6) is -6.59. The summed E-state index contributed by atoms with van der Waals surface area (Å²) >= 11 is 0. The standard InChI is InChI=1S/C8H13F4N3O/c1-14-2-4-15(5-3-14)13-7(16)8(11,12)6(9)10/h6H,2-5H2,1H3,(H,13,16). The predicted octanol–water partition coefficient (Wildman–Crippen LogP) is 0.165. The number of piperazine rings is 1. The van der Waals surface area contributed by atoms with E-state index in [9.17, 15) is 22.4 Å². The lowest BCUT2D eigenvalue weighted by Crippen LogP contribution is -2.57. The Kier molecular flexibility index (Phi) is 4.09. The molecule has 0 spiro atoms. The first-order valence-corrected chi connectivity index (χ1v) is 4.74. The zero-order valence-electron chi connectivity index (χ0n) is 8.72. The quantitative estimate of drug-likeness (QED) is 0.717. The van der Waals surface area contributed by atoms with Crippen LogP contribution < -0.4 is 5.43 Å². The van der Waals surface area contributed by atoms with Crippen molar-refractivity contribution in [3.63, 3.8) is 0 Å². The first-order chi connectivity index (χ1) is 7.34. The highest BCUT2D eigenvalue weighted by Crippen LogP contribution is 2.22. The van der Waals surface area contributed by atoms with E-state index in [-0.39, 0.29) is 0 Å². The molecule has 94 valence electrons. The fraction of sp³-hybridized carbons (Fsp3) is 0.875. The van der Waals surface area contributed by atoms with Crippen molar-refractivity contribution < 1.29 is 22.4 Å². The number of carbonyl (C=O) groups excluding carboxylic acids is 1. The predicted molar refractivity (Wildman–Crippen MR) is 48.2 cm³/mol. The topological polar surface area (TPSA) is 35.6 Å². The monoisotopic (exact) mass is 243 g/mol. The summed E-state index contributed by atoms with van der Waals surface area (Å²) in [7, 11) is 1.84. The van der Waals surface area contributed by atoms with E-state index >= 15 is 0 Å². The van der Waals surface area contributed by atoms with E-state index in [1.165, 1.54) is 5.01 Å². The van der Waals surface area contributed by atoms with Crippen LogP contribution in [0.15, 0.2) is 0 Å². The molecule has 8 heteroatoms. The smallest absolute Gasteiger partial charge is 0.304 e. The number of nitrogens with one attached hydrogen (secondary N) is 1. The van der Waals surface area contributed by atoms with Gasteiger partial charge in [-0.05, 0) is 7.05 Å². The number of hydrazine groups is 1. The summed E-state index contributed by atoms with van der Waals surface area (Å²) in [6, 6.07) is 0. The Labute approximate surface area is 90.2 Å². The van der Waals surface area contributed by atoms with Crippen LogP contribution in [0, 0.1) is 0 Å². The SMILES string of the molecule is CN1CCN(NC(=O)C(F)(F)C(F)F)CC1. The van der Waals surface area contributed by atoms with E-state index in [1.807, 2.05) is 11.9 Å². The van der Waals surface area contributed by atoms with Crippen LogP contribution in [0.5, 0.6) is 0 Å². The van der Waals surface area contributed by atoms with Gasteiger partial charge in [0.05, 0.1) is 0 Å². The highest BCUT2D eigenvalue weighted by molar-refractivity contribution is 5.83. The molecule has 1 fully saturated rings. The van der Waals surface area contributed by atoms with Gasteiger partial charge in [0.2, 0.25) is 0 Å². The van der Waals surface area contributed by atoms with Gasteiger partial charge < -0.3 is 4.90 Å². The minimum atomic E-state index is -4.64. The van der Waals surface area contributed by atoms with Gasteiger partial charge in [-0.15, -0.1) is 0 Å². The van der Waals surface area contributed by atoms with Crippen molar-refractivity contribution in [1.29, 1.82) is 0 Å². The van der Waals surface area contributed by atoms with Crippen molar-refractivity contribution in [1.82, 2.24) is 15.3 Å². The first kappa shape index (κ1) is 13.2. The van der Waals surface area contributed by atoms with E-state index in [0.717, 1.165) is 0 Å². The maximum absolute atomic E-state index is 12.6. The maximum atomic E-state index is 12.6. The molecule has 1 amide bonds. The molecule has 1 aliphatic heterocycles. The van der Waals surface area contributed by atoms with Crippen molar-refractivity contribution in [2.75, 3.05) is 33.2 Å². The second-order valence-corrected chi connectivity index (χ2v) is 3.65. The molecule has 1 rings (SSSR count). The highest BCUT2D eigenvalue weighted by atomic mass is 19.3. The second kappa shape index (κ2) is 4.96. The Hall–Kier alpha value is -0.890. The lowest BCUT2D eigenvalue weighted by Gasteiger charge is -2.33. The molecule has 0 saturated carbocycles. The summed E-state index contributed by atoms with van der Waals surface area (Å²) in [6.07, 6.45) is -3.99. The van der Waals surface area contributed by atoms with Crippen LogP contribution in [0.2, 0.25) is 0 Å². The Morgan fingerprint density at radius 1 is 1.25 bits per heavy atom. The number of likely N-dealkylation sites (N-methyl/N-ethyl adjacent to an activating group) is 1. The maximum Gasteiger partial charge on any atom is 0.384 e. The van der Waals surface area contributed by atoms with Gasteiger partial charge >= 0.3 is 18.3 Å². The lowest BCUT2D eigenvalue weighted by atomic mass is 10.3. The van der Waals surface area contributed by atoms with Gasteiger partial charge in [-0.2, -0.15) is 8.78 Å². The summed E-state index contributed by atoms with van der Waals surface area (Å²) < 4.78 is 48.8. The molecule has 1 N–H and O–H groups in total. The molecular formula is C8H13F4N3O. The average Bonchev–Trinajstić information content (AvgIpc) is 2.21. The van der Waals surface area contributed by atoms with Crippen LogP contribution in [-0.4, -0.2) is 61.4 Å². The second-order valence-electron chi connectivity index (χ2n) is 3.65. The molecule has 0 aromatic heterocycles. The fourth-order valence-electron chi connectivity index (χ4n) is 1.24. The zero-order chi connectivity index (χ0) is 12.3. The molecule has 0 aromatic carbocycles. The van der Waals surface area contributed by atoms with Crippen LogP contribution in [0.4, 0.5) is 17.6 Å². The molecule has 4 nitrogen and oxygen atoms in total. The molecule has 1 saturated heterocycles. The van der Waals surface area contributed by atoms with E-state index in [0.29, 0.717) is 26.2 Å². The Morgan fingerprint density at radius 2 is 1.75 bits per heavy atom. The van der Waals surface area contributed by atoms with Crippen molar-refractivity contribution in [2.45, 2.75) is 12.3 Å². The van der Waals surface area contributed by atoms with Gasteiger partial charge in [0.25, 0.3) is 0 Å². The van der Waals surface area contributed by atoms with Gasteiger partial charge in [-0.25, -0.2) is 13.8 Å². The molecule has 16 heavy (non-hydrogen) atoms. The zero-order valence-corrected chi connectivity index (χ0v) is 8.72. The van der Waals surface area contributed by atoms with Gasteiger partial charge in [0, 0.05) is 26.2 Å². The molecule has 1 heterocycles. The fourth-order valence-corrected chi connectivity index (χ4v) is 1.24. The van der Waals surface area contributed by atoms with Gasteiger partial charge in [-0.3, -0.25) is 10.2 Å². The Morgan fingerprint density at radius 3 is 2.19 bits per heavy atom. The van der Waals surface area contributed by atoms with Crippen molar-refractivity contribution >= 4 is 5.91 Å². The number of amides is 1. The van der Waals surface area contributed by atoms with Gasteiger partial charge in [-0.1, -0.05) is 0 Å². The average molecular weight is 243 g/mol. The van der Waals surface area contributed by atoms with Crippen LogP contribution in [0.3, 0.4) is 0 Å². The summed E-state index contributed by atoms with van der Waals surface area (Å²) in [6.45, 7) is 1.84. The van der Waals surface area contributed by atoms with Crippen LogP contribution in [0.25, 0.3) is 0 Å². The summed E-state index contributed by atoms with van der Waals surface area (Å²) in [5, 5.41) is 1.22. The lowest BCUT2D eigenvalue weighted by molar-refractivity contribution is -0.175. The summed E-state index contributed by atoms with van der Waals surface area (Å²) in [4.78, 5) is 12.8. The van der Waals surface area contributed by atoms with Crippen LogP contribution in [-0.2, 0) is 4.79 Å². The molecule has 0 unspecified atom stereocenters. The highest BCUT2D eigenvalue weighted by Gasteiger charge is 2.49. The van der Waals surface area contributed by atoms with Crippen molar-refractivity contribution in [3.05, 3.63) is 0 Å². The number of carbonyl (C=O) groups is 1.